The third kappa shape index (κ3) is 3.71. The van der Waals surface area contributed by atoms with Crippen LogP contribution in [0, 0.1) is 11.8 Å². The van der Waals surface area contributed by atoms with Crippen molar-refractivity contribution in [1.82, 2.24) is 9.80 Å². The molecule has 112 valence electrons. The number of nitrogens with two attached hydrogens (primary N) is 1. The number of hydrogen-bond acceptors (Lipinski definition) is 3. The van der Waals surface area contributed by atoms with Gasteiger partial charge in [0.1, 0.15) is 0 Å². The van der Waals surface area contributed by atoms with Gasteiger partial charge in [-0.3, -0.25) is 4.90 Å². The Kier molecular flexibility index (Phi) is 5.27. The molecule has 2 rings (SSSR count). The Hall–Kier alpha value is -0.120. The van der Waals surface area contributed by atoms with E-state index >= 15 is 0 Å². The maximum absolute atomic E-state index is 6.18. The van der Waals surface area contributed by atoms with E-state index in [0.29, 0.717) is 5.54 Å². The lowest BCUT2D eigenvalue weighted by molar-refractivity contribution is 0.0145. The Morgan fingerprint density at radius 3 is 2.16 bits per heavy atom. The van der Waals surface area contributed by atoms with Gasteiger partial charge in [0.2, 0.25) is 0 Å². The molecule has 0 bridgehead atoms. The van der Waals surface area contributed by atoms with Crippen molar-refractivity contribution in [3.8, 4) is 0 Å². The van der Waals surface area contributed by atoms with Gasteiger partial charge >= 0.3 is 0 Å². The smallest absolute Gasteiger partial charge is 0.0331 e. The zero-order valence-electron chi connectivity index (χ0n) is 13.2. The van der Waals surface area contributed by atoms with E-state index in [-0.39, 0.29) is 0 Å². The third-order valence-corrected chi connectivity index (χ3v) is 5.49. The van der Waals surface area contributed by atoms with Crippen molar-refractivity contribution >= 4 is 0 Å². The third-order valence-electron chi connectivity index (χ3n) is 5.49. The molecule has 1 aliphatic carbocycles. The molecule has 0 aromatic rings. The van der Waals surface area contributed by atoms with Gasteiger partial charge in [-0.05, 0) is 77.5 Å². The van der Waals surface area contributed by atoms with Gasteiger partial charge in [-0.2, -0.15) is 0 Å². The molecule has 1 heterocycles. The van der Waals surface area contributed by atoms with E-state index in [1.54, 1.807) is 0 Å². The van der Waals surface area contributed by atoms with Gasteiger partial charge in [0.15, 0.2) is 0 Å². The van der Waals surface area contributed by atoms with E-state index in [2.05, 4.69) is 30.8 Å². The summed E-state index contributed by atoms with van der Waals surface area (Å²) < 4.78 is 0. The van der Waals surface area contributed by atoms with Crippen LogP contribution in [0.2, 0.25) is 0 Å². The van der Waals surface area contributed by atoms with Crippen molar-refractivity contribution in [2.75, 3.05) is 40.3 Å². The van der Waals surface area contributed by atoms with Crippen LogP contribution in [0.4, 0.5) is 0 Å². The summed E-state index contributed by atoms with van der Waals surface area (Å²) in [6, 6.07) is 0. The highest BCUT2D eigenvalue weighted by Gasteiger charge is 2.39. The van der Waals surface area contributed by atoms with Crippen molar-refractivity contribution in [3.63, 3.8) is 0 Å². The summed E-state index contributed by atoms with van der Waals surface area (Å²) in [5.74, 6) is 1.80. The number of piperidine rings is 1. The van der Waals surface area contributed by atoms with E-state index < -0.39 is 0 Å². The largest absolute Gasteiger partial charge is 0.329 e. The molecule has 3 heteroatoms. The van der Waals surface area contributed by atoms with E-state index in [0.717, 1.165) is 18.4 Å². The molecule has 2 aliphatic rings. The Morgan fingerprint density at radius 1 is 1.11 bits per heavy atom. The molecule has 3 nitrogen and oxygen atoms in total. The standard InChI is InChI=1S/C16H33N3/c1-14-4-8-16(13-17,9-5-14)19-10-6-15(7-11-19)12-18(2)3/h14-15H,4-13,17H2,1-3H3. The maximum atomic E-state index is 6.18. The highest BCUT2D eigenvalue weighted by molar-refractivity contribution is 4.97. The lowest BCUT2D eigenvalue weighted by Gasteiger charge is -2.50. The molecule has 0 aromatic heterocycles. The van der Waals surface area contributed by atoms with Gasteiger partial charge in [0.25, 0.3) is 0 Å². The molecule has 0 atom stereocenters. The van der Waals surface area contributed by atoms with E-state index in [4.69, 9.17) is 5.73 Å². The topological polar surface area (TPSA) is 32.5 Å². The lowest BCUT2D eigenvalue weighted by Crippen LogP contribution is -2.58. The number of likely N-dealkylation sites (tertiary alicyclic amines) is 1. The highest BCUT2D eigenvalue weighted by Crippen LogP contribution is 2.37. The summed E-state index contributed by atoms with van der Waals surface area (Å²) in [5.41, 5.74) is 6.52. The first-order chi connectivity index (χ1) is 9.05. The average Bonchev–Trinajstić information content (AvgIpc) is 2.40. The van der Waals surface area contributed by atoms with Gasteiger partial charge in [-0.1, -0.05) is 6.92 Å². The van der Waals surface area contributed by atoms with Gasteiger partial charge in [-0.15, -0.1) is 0 Å². The minimum atomic E-state index is 0.343. The number of rotatable bonds is 4. The van der Waals surface area contributed by atoms with E-state index in [1.807, 2.05) is 0 Å². The fourth-order valence-corrected chi connectivity index (χ4v) is 4.06. The lowest BCUT2D eigenvalue weighted by atomic mass is 9.75. The van der Waals surface area contributed by atoms with E-state index in [1.165, 1.54) is 58.2 Å². The highest BCUT2D eigenvalue weighted by atomic mass is 15.2. The SMILES string of the molecule is CC1CCC(CN)(N2CCC(CN(C)C)CC2)CC1. The first kappa shape index (κ1) is 15.3. The summed E-state index contributed by atoms with van der Waals surface area (Å²) in [6.45, 7) is 7.04. The molecule has 1 saturated carbocycles. The molecule has 2 fully saturated rings. The molecule has 1 saturated heterocycles. The molecule has 19 heavy (non-hydrogen) atoms. The van der Waals surface area contributed by atoms with Crippen molar-refractivity contribution in [1.29, 1.82) is 0 Å². The van der Waals surface area contributed by atoms with E-state index in [9.17, 15) is 0 Å². The summed E-state index contributed by atoms with van der Waals surface area (Å²) in [7, 11) is 4.38. The summed E-state index contributed by atoms with van der Waals surface area (Å²) >= 11 is 0. The Bertz CT molecular complexity index is 261. The molecule has 1 aliphatic heterocycles. The summed E-state index contributed by atoms with van der Waals surface area (Å²) in [6.07, 6.45) is 8.10. The fraction of sp³-hybridized carbons (Fsp3) is 1.00. The summed E-state index contributed by atoms with van der Waals surface area (Å²) in [5, 5.41) is 0. The monoisotopic (exact) mass is 267 g/mol. The Balaban J connectivity index is 1.88. The van der Waals surface area contributed by atoms with Crippen LogP contribution in [-0.4, -0.2) is 55.6 Å². The predicted molar refractivity (Wildman–Crippen MR) is 82.3 cm³/mol. The zero-order chi connectivity index (χ0) is 13.9. The Labute approximate surface area is 119 Å². The van der Waals surface area contributed by atoms with Crippen LogP contribution in [0.3, 0.4) is 0 Å². The molecule has 0 unspecified atom stereocenters. The molecule has 0 aromatic carbocycles. The fourth-order valence-electron chi connectivity index (χ4n) is 4.06. The molecular weight excluding hydrogens is 234 g/mol. The molecule has 0 radical (unpaired) electrons. The predicted octanol–water partition coefficient (Wildman–Crippen LogP) is 2.17. The van der Waals surface area contributed by atoms with Gasteiger partial charge < -0.3 is 10.6 Å². The quantitative estimate of drug-likeness (QED) is 0.847. The van der Waals surface area contributed by atoms with Crippen molar-refractivity contribution in [2.24, 2.45) is 17.6 Å². The molecule has 0 amide bonds. The van der Waals surface area contributed by atoms with Crippen LogP contribution in [0.25, 0.3) is 0 Å². The van der Waals surface area contributed by atoms with Gasteiger partial charge in [0.05, 0.1) is 0 Å². The second-order valence-corrected chi connectivity index (χ2v) is 7.30. The van der Waals surface area contributed by atoms with Crippen LogP contribution >= 0.6 is 0 Å². The van der Waals surface area contributed by atoms with Gasteiger partial charge in [0, 0.05) is 18.6 Å². The Morgan fingerprint density at radius 2 is 1.68 bits per heavy atom. The van der Waals surface area contributed by atoms with Crippen molar-refractivity contribution < 1.29 is 0 Å². The van der Waals surface area contributed by atoms with Crippen molar-refractivity contribution in [2.45, 2.75) is 51.0 Å². The van der Waals surface area contributed by atoms with Crippen LogP contribution < -0.4 is 5.73 Å². The number of nitrogens with zero attached hydrogens (tertiary/aromatic N) is 2. The van der Waals surface area contributed by atoms with Crippen LogP contribution in [-0.2, 0) is 0 Å². The van der Waals surface area contributed by atoms with Crippen LogP contribution in [0.1, 0.15) is 45.4 Å². The maximum Gasteiger partial charge on any atom is 0.0331 e. The first-order valence-corrected chi connectivity index (χ1v) is 8.15. The average molecular weight is 267 g/mol. The molecule has 0 spiro atoms. The summed E-state index contributed by atoms with van der Waals surface area (Å²) in [4.78, 5) is 5.08. The first-order valence-electron chi connectivity index (χ1n) is 8.15. The second-order valence-electron chi connectivity index (χ2n) is 7.30. The normalized spacial score (nSPS) is 34.9. The molecule has 2 N–H and O–H groups in total. The minimum absolute atomic E-state index is 0.343. The van der Waals surface area contributed by atoms with Crippen LogP contribution in [0.15, 0.2) is 0 Å². The second kappa shape index (κ2) is 6.55. The zero-order valence-corrected chi connectivity index (χ0v) is 13.2. The molecular formula is C16H33N3. The minimum Gasteiger partial charge on any atom is -0.329 e. The van der Waals surface area contributed by atoms with Crippen molar-refractivity contribution in [3.05, 3.63) is 0 Å². The number of hydrogen-bond donors (Lipinski definition) is 1. The van der Waals surface area contributed by atoms with Crippen LogP contribution in [0.5, 0.6) is 0 Å². The van der Waals surface area contributed by atoms with Gasteiger partial charge in [-0.25, -0.2) is 0 Å².